The summed E-state index contributed by atoms with van der Waals surface area (Å²) in [5, 5.41) is 2.87. The first kappa shape index (κ1) is 20.9. The molecule has 1 aromatic rings. The number of hydrogen-bond acceptors (Lipinski definition) is 4. The predicted octanol–water partition coefficient (Wildman–Crippen LogP) is 1.11. The average Bonchev–Trinajstić information content (AvgIpc) is 2.66. The molecule has 1 N–H and O–H groups in total. The van der Waals surface area contributed by atoms with Crippen molar-refractivity contribution in [3.05, 3.63) is 35.9 Å². The first-order valence-electron chi connectivity index (χ1n) is 9.37. The van der Waals surface area contributed by atoms with E-state index in [-0.39, 0.29) is 24.3 Å². The number of amides is 2. The monoisotopic (exact) mass is 371 g/mol. The second kappa shape index (κ2) is 10.7. The van der Waals surface area contributed by atoms with E-state index in [0.717, 1.165) is 12.1 Å². The van der Waals surface area contributed by atoms with Crippen molar-refractivity contribution in [1.82, 2.24) is 15.1 Å². The fourth-order valence-corrected chi connectivity index (χ4v) is 3.11. The maximum Gasteiger partial charge on any atom is 0.237 e. The van der Waals surface area contributed by atoms with Gasteiger partial charge >= 0.3 is 0 Å². The highest BCUT2D eigenvalue weighted by atomic mass is 16.5. The third-order valence-electron chi connectivity index (χ3n) is 4.60. The highest BCUT2D eigenvalue weighted by Gasteiger charge is 2.34. The summed E-state index contributed by atoms with van der Waals surface area (Å²) < 4.78 is 5.13. The van der Waals surface area contributed by atoms with Crippen molar-refractivity contribution in [2.24, 2.45) is 0 Å². The number of rotatable bonds is 7. The molecule has 2 amide bonds. The molecule has 1 aromatic carbocycles. The van der Waals surface area contributed by atoms with Gasteiger partial charge in [0.05, 0.1) is 25.6 Å². The SMILES string of the molecule is COCCN(CC#Cc1ccccc1)C(=O)CC1C(=O)NCCN1C(C)C. The zero-order valence-corrected chi connectivity index (χ0v) is 16.4. The third-order valence-corrected chi connectivity index (χ3v) is 4.60. The number of nitrogens with zero attached hydrogens (tertiary/aromatic N) is 2. The van der Waals surface area contributed by atoms with E-state index in [0.29, 0.717) is 26.2 Å². The molecule has 146 valence electrons. The lowest BCUT2D eigenvalue weighted by Gasteiger charge is -2.38. The third kappa shape index (κ3) is 6.38. The van der Waals surface area contributed by atoms with E-state index >= 15 is 0 Å². The second-order valence-corrected chi connectivity index (χ2v) is 6.82. The molecule has 0 spiro atoms. The first-order valence-corrected chi connectivity index (χ1v) is 9.37. The fraction of sp³-hybridized carbons (Fsp3) is 0.524. The van der Waals surface area contributed by atoms with Gasteiger partial charge in [0.2, 0.25) is 11.8 Å². The molecular formula is C21H29N3O3. The van der Waals surface area contributed by atoms with Crippen LogP contribution < -0.4 is 5.32 Å². The minimum atomic E-state index is -0.432. The van der Waals surface area contributed by atoms with Crippen molar-refractivity contribution in [1.29, 1.82) is 0 Å². The average molecular weight is 371 g/mol. The molecule has 1 aliphatic heterocycles. The van der Waals surface area contributed by atoms with Crippen LogP contribution in [0.25, 0.3) is 0 Å². The lowest BCUT2D eigenvalue weighted by molar-refractivity contribution is -0.139. The number of ether oxygens (including phenoxy) is 1. The minimum Gasteiger partial charge on any atom is -0.383 e. The lowest BCUT2D eigenvalue weighted by Crippen LogP contribution is -2.58. The van der Waals surface area contributed by atoms with Crippen LogP contribution in [0.2, 0.25) is 0 Å². The van der Waals surface area contributed by atoms with Gasteiger partial charge in [0, 0.05) is 38.3 Å². The lowest BCUT2D eigenvalue weighted by atomic mass is 10.1. The van der Waals surface area contributed by atoms with Gasteiger partial charge in [-0.3, -0.25) is 14.5 Å². The molecule has 0 saturated carbocycles. The van der Waals surface area contributed by atoms with E-state index < -0.39 is 6.04 Å². The van der Waals surface area contributed by atoms with Gasteiger partial charge in [-0.2, -0.15) is 0 Å². The molecule has 0 radical (unpaired) electrons. The molecule has 6 nitrogen and oxygen atoms in total. The molecular weight excluding hydrogens is 342 g/mol. The van der Waals surface area contributed by atoms with Crippen LogP contribution in [0.5, 0.6) is 0 Å². The highest BCUT2D eigenvalue weighted by Crippen LogP contribution is 2.14. The molecule has 1 saturated heterocycles. The predicted molar refractivity (Wildman–Crippen MR) is 105 cm³/mol. The Morgan fingerprint density at radius 3 is 2.78 bits per heavy atom. The van der Waals surface area contributed by atoms with Crippen LogP contribution in [0.4, 0.5) is 0 Å². The fourth-order valence-electron chi connectivity index (χ4n) is 3.11. The Labute approximate surface area is 161 Å². The van der Waals surface area contributed by atoms with Crippen LogP contribution in [-0.2, 0) is 14.3 Å². The largest absolute Gasteiger partial charge is 0.383 e. The number of benzene rings is 1. The van der Waals surface area contributed by atoms with E-state index in [4.69, 9.17) is 4.74 Å². The van der Waals surface area contributed by atoms with Crippen LogP contribution in [0.3, 0.4) is 0 Å². The van der Waals surface area contributed by atoms with Crippen LogP contribution >= 0.6 is 0 Å². The van der Waals surface area contributed by atoms with E-state index in [2.05, 4.69) is 22.1 Å². The van der Waals surface area contributed by atoms with Crippen molar-refractivity contribution in [2.45, 2.75) is 32.4 Å². The summed E-state index contributed by atoms with van der Waals surface area (Å²) >= 11 is 0. The topological polar surface area (TPSA) is 61.9 Å². The molecule has 2 rings (SSSR count). The Balaban J connectivity index is 2.04. The zero-order valence-electron chi connectivity index (χ0n) is 16.4. The molecule has 0 aliphatic carbocycles. The molecule has 6 heteroatoms. The molecule has 1 unspecified atom stereocenters. The molecule has 0 bridgehead atoms. The Morgan fingerprint density at radius 1 is 1.37 bits per heavy atom. The number of carbonyl (C=O) groups excluding carboxylic acids is 2. The summed E-state index contributed by atoms with van der Waals surface area (Å²) in [6.07, 6.45) is 0.154. The smallest absolute Gasteiger partial charge is 0.237 e. The molecule has 0 aromatic heterocycles. The second-order valence-electron chi connectivity index (χ2n) is 6.82. The summed E-state index contributed by atoms with van der Waals surface area (Å²) in [6.45, 7) is 6.67. The minimum absolute atomic E-state index is 0.0784. The Hall–Kier alpha value is -2.36. The Morgan fingerprint density at radius 2 is 2.11 bits per heavy atom. The van der Waals surface area contributed by atoms with Gasteiger partial charge in [0.15, 0.2) is 0 Å². The zero-order chi connectivity index (χ0) is 19.6. The van der Waals surface area contributed by atoms with Crippen molar-refractivity contribution in [3.63, 3.8) is 0 Å². The maximum atomic E-state index is 12.9. The van der Waals surface area contributed by atoms with E-state index in [1.165, 1.54) is 0 Å². The van der Waals surface area contributed by atoms with Crippen LogP contribution in [0.15, 0.2) is 30.3 Å². The van der Waals surface area contributed by atoms with Gasteiger partial charge in [-0.25, -0.2) is 0 Å². The Bertz CT molecular complexity index is 679. The maximum absolute atomic E-state index is 12.9. The number of methoxy groups -OCH3 is 1. The molecule has 1 fully saturated rings. The standard InChI is InChI=1S/C21H29N3O3/c1-17(2)24-13-11-22-21(26)19(24)16-20(25)23(14-15-27-3)12-7-10-18-8-5-4-6-9-18/h4-6,8-9,17,19H,11-16H2,1-3H3,(H,22,26). The number of piperazine rings is 1. The van der Waals surface area contributed by atoms with Gasteiger partial charge in [-0.05, 0) is 26.0 Å². The highest BCUT2D eigenvalue weighted by molar-refractivity contribution is 5.89. The first-order chi connectivity index (χ1) is 13.0. The summed E-state index contributed by atoms with van der Waals surface area (Å²) in [6, 6.07) is 9.44. The van der Waals surface area contributed by atoms with Crippen LogP contribution in [0, 0.1) is 11.8 Å². The summed E-state index contributed by atoms with van der Waals surface area (Å²) in [7, 11) is 1.60. The molecule has 1 heterocycles. The van der Waals surface area contributed by atoms with E-state index in [1.807, 2.05) is 44.2 Å². The number of nitrogens with one attached hydrogen (secondary N) is 1. The van der Waals surface area contributed by atoms with Crippen molar-refractivity contribution < 1.29 is 14.3 Å². The number of carbonyl (C=O) groups is 2. The van der Waals surface area contributed by atoms with Gasteiger partial charge < -0.3 is 15.0 Å². The van der Waals surface area contributed by atoms with E-state index in [1.54, 1.807) is 12.0 Å². The van der Waals surface area contributed by atoms with Gasteiger partial charge in [-0.1, -0.05) is 30.0 Å². The molecule has 27 heavy (non-hydrogen) atoms. The quantitative estimate of drug-likeness (QED) is 0.730. The number of hydrogen-bond donors (Lipinski definition) is 1. The van der Waals surface area contributed by atoms with E-state index in [9.17, 15) is 9.59 Å². The van der Waals surface area contributed by atoms with Crippen molar-refractivity contribution >= 4 is 11.8 Å². The summed E-state index contributed by atoms with van der Waals surface area (Å²) in [5.74, 6) is 5.97. The van der Waals surface area contributed by atoms with Gasteiger partial charge in [0.1, 0.15) is 0 Å². The van der Waals surface area contributed by atoms with Gasteiger partial charge in [0.25, 0.3) is 0 Å². The summed E-state index contributed by atoms with van der Waals surface area (Å²) in [5.41, 5.74) is 0.911. The van der Waals surface area contributed by atoms with Crippen LogP contribution in [0.1, 0.15) is 25.8 Å². The summed E-state index contributed by atoms with van der Waals surface area (Å²) in [4.78, 5) is 28.9. The van der Waals surface area contributed by atoms with Crippen LogP contribution in [-0.4, -0.2) is 73.6 Å². The molecule has 1 aliphatic rings. The van der Waals surface area contributed by atoms with Gasteiger partial charge in [-0.15, -0.1) is 0 Å². The molecule has 1 atom stereocenters. The normalized spacial score (nSPS) is 17.2. The van der Waals surface area contributed by atoms with Crippen molar-refractivity contribution in [3.8, 4) is 11.8 Å². The Kier molecular flexibility index (Phi) is 8.31. The van der Waals surface area contributed by atoms with Crippen molar-refractivity contribution in [2.75, 3.05) is 39.9 Å².